The first-order valence-corrected chi connectivity index (χ1v) is 7.51. The van der Waals surface area contributed by atoms with Crippen LogP contribution in [0.25, 0.3) is 0 Å². The third-order valence-corrected chi connectivity index (χ3v) is 3.44. The number of benzene rings is 1. The number of carbonyl (C=O) groups is 3. The average molecular weight is 321 g/mol. The van der Waals surface area contributed by atoms with E-state index in [1.165, 1.54) is 0 Å². The molecule has 7 heteroatoms. The predicted octanol–water partition coefficient (Wildman–Crippen LogP) is 0.125. The van der Waals surface area contributed by atoms with Crippen molar-refractivity contribution in [1.82, 2.24) is 4.90 Å². The van der Waals surface area contributed by atoms with E-state index in [0.29, 0.717) is 19.3 Å². The number of amides is 2. The molecular weight excluding hydrogens is 298 g/mol. The zero-order valence-corrected chi connectivity index (χ0v) is 13.0. The lowest BCUT2D eigenvalue weighted by Crippen LogP contribution is -2.42. The number of carbonyl (C=O) groups excluding carboxylic acids is 2. The lowest BCUT2D eigenvalue weighted by Gasteiger charge is -2.20. The average Bonchev–Trinajstić information content (AvgIpc) is 2.54. The smallest absolute Gasteiger partial charge is 0.320 e. The lowest BCUT2D eigenvalue weighted by molar-refractivity contribution is -0.144. The summed E-state index contributed by atoms with van der Waals surface area (Å²) < 4.78 is 0. The number of rotatable bonds is 9. The molecule has 0 unspecified atom stereocenters. The third kappa shape index (κ3) is 6.58. The molecule has 0 radical (unpaired) electrons. The van der Waals surface area contributed by atoms with Crippen LogP contribution in [0.1, 0.15) is 24.8 Å². The molecule has 1 aromatic carbocycles. The summed E-state index contributed by atoms with van der Waals surface area (Å²) in [5.74, 6) is -1.80. The number of aliphatic carboxylic acids is 1. The second kappa shape index (κ2) is 9.70. The van der Waals surface area contributed by atoms with E-state index < -0.39 is 17.9 Å². The molecule has 1 aromatic rings. The summed E-state index contributed by atoms with van der Waals surface area (Å²) >= 11 is 0. The van der Waals surface area contributed by atoms with Crippen molar-refractivity contribution in [2.24, 2.45) is 11.5 Å². The van der Waals surface area contributed by atoms with E-state index in [9.17, 15) is 14.4 Å². The molecule has 0 heterocycles. The molecule has 0 aliphatic heterocycles. The van der Waals surface area contributed by atoms with Crippen LogP contribution in [0.3, 0.4) is 0 Å². The number of hydrogen-bond donors (Lipinski definition) is 3. The van der Waals surface area contributed by atoms with Gasteiger partial charge in [-0.05, 0) is 24.8 Å². The predicted molar refractivity (Wildman–Crippen MR) is 85.4 cm³/mol. The molecule has 0 bridgehead atoms. The zero-order chi connectivity index (χ0) is 17.2. The Morgan fingerprint density at radius 3 is 2.30 bits per heavy atom. The number of unbranched alkanes of at least 4 members (excludes halogenated alkanes) is 1. The van der Waals surface area contributed by atoms with Gasteiger partial charge in [0.25, 0.3) is 0 Å². The van der Waals surface area contributed by atoms with Crippen molar-refractivity contribution in [3.8, 4) is 0 Å². The quantitative estimate of drug-likeness (QED) is 0.555. The molecule has 0 aromatic heterocycles. The fourth-order valence-electron chi connectivity index (χ4n) is 2.12. The molecule has 0 spiro atoms. The number of hydrogen-bond acceptors (Lipinski definition) is 5. The number of carboxylic acid groups (broad SMARTS) is 1. The maximum absolute atomic E-state index is 12.3. The van der Waals surface area contributed by atoms with E-state index in [0.717, 1.165) is 10.5 Å². The first kappa shape index (κ1) is 18.8. The van der Waals surface area contributed by atoms with Gasteiger partial charge < -0.3 is 16.6 Å². The molecule has 0 saturated heterocycles. The summed E-state index contributed by atoms with van der Waals surface area (Å²) in [5, 5.41) is 8.71. The summed E-state index contributed by atoms with van der Waals surface area (Å²) in [6.45, 7) is -0.0246. The van der Waals surface area contributed by atoms with E-state index in [4.69, 9.17) is 16.6 Å². The highest BCUT2D eigenvalue weighted by atomic mass is 16.4. The molecule has 0 saturated carbocycles. The van der Waals surface area contributed by atoms with E-state index >= 15 is 0 Å². The fraction of sp³-hybridized carbons (Fsp3) is 0.438. The van der Waals surface area contributed by atoms with Gasteiger partial charge in [0.1, 0.15) is 6.04 Å². The standard InChI is InChI=1S/C16H23N3O4/c17-11-15(21)19(9-5-4-8-13(18)16(22)23)14(20)10-12-6-2-1-3-7-12/h1-3,6-7,13H,4-5,8-11,17-18H2,(H,22,23)/t13-/m0/s1. The van der Waals surface area contributed by atoms with Crippen molar-refractivity contribution < 1.29 is 19.5 Å². The van der Waals surface area contributed by atoms with Crippen LogP contribution in [-0.4, -0.2) is 46.9 Å². The molecule has 126 valence electrons. The minimum Gasteiger partial charge on any atom is -0.480 e. The molecule has 1 atom stereocenters. The van der Waals surface area contributed by atoms with Gasteiger partial charge in [0.2, 0.25) is 11.8 Å². The normalized spacial score (nSPS) is 11.7. The van der Waals surface area contributed by atoms with Gasteiger partial charge in [0.15, 0.2) is 0 Å². The van der Waals surface area contributed by atoms with Gasteiger partial charge in [-0.15, -0.1) is 0 Å². The second-order valence-corrected chi connectivity index (χ2v) is 5.25. The topological polar surface area (TPSA) is 127 Å². The lowest BCUT2D eigenvalue weighted by atomic mass is 10.1. The molecule has 5 N–H and O–H groups in total. The van der Waals surface area contributed by atoms with E-state index in [1.807, 2.05) is 30.3 Å². The highest BCUT2D eigenvalue weighted by Crippen LogP contribution is 2.07. The molecule has 2 amide bonds. The molecule has 0 aliphatic carbocycles. The molecule has 1 rings (SSSR count). The van der Waals surface area contributed by atoms with Crippen LogP contribution < -0.4 is 11.5 Å². The summed E-state index contributed by atoms with van der Waals surface area (Å²) in [6.07, 6.45) is 1.43. The highest BCUT2D eigenvalue weighted by Gasteiger charge is 2.20. The van der Waals surface area contributed by atoms with Gasteiger partial charge in [-0.25, -0.2) is 0 Å². The van der Waals surface area contributed by atoms with Crippen LogP contribution in [0.15, 0.2) is 30.3 Å². The second-order valence-electron chi connectivity index (χ2n) is 5.25. The minimum atomic E-state index is -1.06. The van der Waals surface area contributed by atoms with E-state index in [-0.39, 0.29) is 25.4 Å². The zero-order valence-electron chi connectivity index (χ0n) is 13.0. The first-order valence-electron chi connectivity index (χ1n) is 7.51. The number of imide groups is 1. The Morgan fingerprint density at radius 2 is 1.74 bits per heavy atom. The van der Waals surface area contributed by atoms with Crippen molar-refractivity contribution in [3.63, 3.8) is 0 Å². The van der Waals surface area contributed by atoms with Crippen LogP contribution >= 0.6 is 0 Å². The Kier molecular flexibility index (Phi) is 7.93. The van der Waals surface area contributed by atoms with Crippen molar-refractivity contribution in [1.29, 1.82) is 0 Å². The van der Waals surface area contributed by atoms with Crippen molar-refractivity contribution >= 4 is 17.8 Å². The van der Waals surface area contributed by atoms with E-state index in [1.54, 1.807) is 0 Å². The monoisotopic (exact) mass is 321 g/mol. The highest BCUT2D eigenvalue weighted by molar-refractivity contribution is 5.97. The van der Waals surface area contributed by atoms with E-state index in [2.05, 4.69) is 0 Å². The minimum absolute atomic E-state index is 0.126. The van der Waals surface area contributed by atoms with Crippen molar-refractivity contribution in [2.45, 2.75) is 31.7 Å². The van der Waals surface area contributed by atoms with Gasteiger partial charge >= 0.3 is 5.97 Å². The molecule has 23 heavy (non-hydrogen) atoms. The third-order valence-electron chi connectivity index (χ3n) is 3.44. The summed E-state index contributed by atoms with van der Waals surface area (Å²) in [6, 6.07) is 8.20. The first-order chi connectivity index (χ1) is 11.0. The van der Waals surface area contributed by atoms with Gasteiger partial charge in [-0.1, -0.05) is 30.3 Å². The van der Waals surface area contributed by atoms with Crippen LogP contribution in [0.5, 0.6) is 0 Å². The van der Waals surface area contributed by atoms with Crippen molar-refractivity contribution in [2.75, 3.05) is 13.1 Å². The van der Waals surface area contributed by atoms with Crippen LogP contribution in [0.4, 0.5) is 0 Å². The fourth-order valence-corrected chi connectivity index (χ4v) is 2.12. The van der Waals surface area contributed by atoms with Gasteiger partial charge in [0.05, 0.1) is 13.0 Å². The Morgan fingerprint density at radius 1 is 1.09 bits per heavy atom. The number of nitrogens with two attached hydrogens (primary N) is 2. The van der Waals surface area contributed by atoms with Crippen LogP contribution in [0.2, 0.25) is 0 Å². The van der Waals surface area contributed by atoms with Crippen LogP contribution in [0, 0.1) is 0 Å². The SMILES string of the molecule is NCC(=O)N(CCCC[C@H](N)C(=O)O)C(=O)Cc1ccccc1. The molecule has 7 nitrogen and oxygen atoms in total. The number of nitrogens with zero attached hydrogens (tertiary/aromatic N) is 1. The Bertz CT molecular complexity index is 533. The van der Waals surface area contributed by atoms with Gasteiger partial charge in [-0.2, -0.15) is 0 Å². The van der Waals surface area contributed by atoms with Gasteiger partial charge in [-0.3, -0.25) is 19.3 Å². The Hall–Kier alpha value is -2.25. The summed E-state index contributed by atoms with van der Waals surface area (Å²) in [5.41, 5.74) is 11.6. The van der Waals surface area contributed by atoms with Gasteiger partial charge in [0, 0.05) is 6.54 Å². The summed E-state index contributed by atoms with van der Waals surface area (Å²) in [4.78, 5) is 35.9. The molecular formula is C16H23N3O4. The number of carboxylic acids is 1. The largest absolute Gasteiger partial charge is 0.480 e. The maximum Gasteiger partial charge on any atom is 0.320 e. The maximum atomic E-state index is 12.3. The Balaban J connectivity index is 2.54. The van der Waals surface area contributed by atoms with Crippen LogP contribution in [-0.2, 0) is 20.8 Å². The molecule has 0 aliphatic rings. The van der Waals surface area contributed by atoms with Crippen molar-refractivity contribution in [3.05, 3.63) is 35.9 Å². The Labute approximate surface area is 135 Å². The molecule has 0 fully saturated rings. The summed E-state index contributed by atoms with van der Waals surface area (Å²) in [7, 11) is 0.